The molecule has 0 aromatic rings. The summed E-state index contributed by atoms with van der Waals surface area (Å²) in [4.78, 5) is 0. The average Bonchev–Trinajstić information content (AvgIpc) is 1.12. The normalized spacial score (nSPS) is 9.75. The SMILES string of the molecule is [K+].[K+].[O-][Cl+3]([O-])([O-])[O-].[O]=[Mn](=[O])(=[O])[O-]. The van der Waals surface area contributed by atoms with Crippen molar-refractivity contribution in [2.75, 3.05) is 0 Å². The van der Waals surface area contributed by atoms with Gasteiger partial charge in [0.05, 0.1) is 0 Å². The molecule has 0 aliphatic heterocycles. The monoisotopic (exact) mass is 296 g/mol. The van der Waals surface area contributed by atoms with Gasteiger partial charge in [0.1, 0.15) is 0 Å². The molecule has 0 saturated heterocycles. The van der Waals surface area contributed by atoms with Gasteiger partial charge in [0, 0.05) is 0 Å². The van der Waals surface area contributed by atoms with Crippen molar-refractivity contribution in [2.24, 2.45) is 0 Å². The van der Waals surface area contributed by atoms with E-state index in [9.17, 15) is 0 Å². The molecule has 0 aromatic heterocycles. The van der Waals surface area contributed by atoms with E-state index < -0.39 is 23.2 Å². The van der Waals surface area contributed by atoms with Crippen molar-refractivity contribution < 1.29 is 160 Å². The summed E-state index contributed by atoms with van der Waals surface area (Å²) >= 11 is -5.62. The van der Waals surface area contributed by atoms with Crippen LogP contribution in [0, 0.1) is 10.2 Å². The summed E-state index contributed by atoms with van der Waals surface area (Å²) in [7, 11) is -4.94. The topological polar surface area (TPSA) is 167 Å². The minimum absolute atomic E-state index is 0. The van der Waals surface area contributed by atoms with Crippen LogP contribution in [0.1, 0.15) is 0 Å². The fourth-order valence-electron chi connectivity index (χ4n) is 0. The number of hydrogen-bond donors (Lipinski definition) is 0. The van der Waals surface area contributed by atoms with E-state index in [1.165, 1.54) is 0 Å². The molecule has 0 fully saturated rings. The van der Waals surface area contributed by atoms with Crippen molar-refractivity contribution in [1.82, 2.24) is 0 Å². The quantitative estimate of drug-likeness (QED) is 0.397. The van der Waals surface area contributed by atoms with Crippen LogP contribution < -0.4 is 126 Å². The molecule has 0 atom stereocenters. The number of halogens is 1. The molecule has 12 heavy (non-hydrogen) atoms. The van der Waals surface area contributed by atoms with Crippen LogP contribution in [-0.2, 0) is 24.5 Å². The van der Waals surface area contributed by atoms with Crippen LogP contribution in [0.2, 0.25) is 0 Å². The first-order valence-corrected chi connectivity index (χ1v) is 4.40. The second-order valence-electron chi connectivity index (χ2n) is 0.756. The van der Waals surface area contributed by atoms with Crippen molar-refractivity contribution in [1.29, 1.82) is 0 Å². The molecule has 0 radical (unpaired) electrons. The number of hydrogen-bond acceptors (Lipinski definition) is 8. The van der Waals surface area contributed by atoms with E-state index in [1.54, 1.807) is 0 Å². The summed E-state index contributed by atoms with van der Waals surface area (Å²) in [5.41, 5.74) is 0. The first-order chi connectivity index (χ1) is 4.00. The molecule has 12 heteroatoms. The Morgan fingerprint density at radius 2 is 0.833 bits per heavy atom. The van der Waals surface area contributed by atoms with Crippen molar-refractivity contribution >= 4 is 0 Å². The van der Waals surface area contributed by atoms with Gasteiger partial charge in [-0.3, -0.25) is 0 Å². The second-order valence-corrected chi connectivity index (χ2v) is 2.69. The standard InChI is InChI=1S/ClHO4.2K.Mn.4O/c2-1(3,4)5;;;;;;;/h(H,2,3,4,5);;;;;;;/q;2*+1;;;;;-1/p-1. The van der Waals surface area contributed by atoms with E-state index in [2.05, 4.69) is 0 Å². The molecule has 0 saturated carbocycles. The molecular formula is ClK2MnO8. The predicted molar refractivity (Wildman–Crippen MR) is 2.06 cm³/mol. The predicted octanol–water partition coefficient (Wildman–Crippen LogP) is -12.3. The molecular weight excluding hydrogens is 297 g/mol. The summed E-state index contributed by atoms with van der Waals surface area (Å²) in [6, 6.07) is 0. The van der Waals surface area contributed by atoms with E-state index in [0.717, 1.165) is 0 Å². The van der Waals surface area contributed by atoms with Crippen LogP contribution in [-0.4, -0.2) is 0 Å². The van der Waals surface area contributed by atoms with Gasteiger partial charge < -0.3 is 0 Å². The van der Waals surface area contributed by atoms with E-state index in [0.29, 0.717) is 0 Å². The molecule has 0 unspecified atom stereocenters. The molecule has 0 heterocycles. The number of rotatable bonds is 0. The van der Waals surface area contributed by atoms with E-state index >= 15 is 0 Å². The van der Waals surface area contributed by atoms with Gasteiger partial charge in [-0.25, -0.2) is 18.6 Å². The molecule has 0 aromatic carbocycles. The molecule has 0 rings (SSSR count). The van der Waals surface area contributed by atoms with Crippen LogP contribution >= 0.6 is 0 Å². The summed E-state index contributed by atoms with van der Waals surface area (Å²) in [6.45, 7) is 0. The van der Waals surface area contributed by atoms with Gasteiger partial charge in [0.15, 0.2) is 0 Å². The molecule has 0 bridgehead atoms. The average molecular weight is 297 g/mol. The Kier molecular flexibility index (Phi) is 22.0. The third-order valence-electron chi connectivity index (χ3n) is 0. The van der Waals surface area contributed by atoms with Gasteiger partial charge in [0.2, 0.25) is 0 Å². The van der Waals surface area contributed by atoms with Gasteiger partial charge in [-0.15, -0.1) is 10.2 Å². The van der Waals surface area contributed by atoms with Crippen molar-refractivity contribution in [3.05, 3.63) is 0 Å². The zero-order chi connectivity index (χ0) is 9.00. The summed E-state index contributed by atoms with van der Waals surface area (Å²) < 4.78 is 68.3. The Labute approximate surface area is 156 Å². The van der Waals surface area contributed by atoms with Gasteiger partial charge >= 0.3 is 131 Å². The van der Waals surface area contributed by atoms with E-state index in [-0.39, 0.29) is 103 Å². The summed E-state index contributed by atoms with van der Waals surface area (Å²) in [6.07, 6.45) is 0. The van der Waals surface area contributed by atoms with Gasteiger partial charge in [0.25, 0.3) is 0 Å². The van der Waals surface area contributed by atoms with Gasteiger partial charge in [-0.05, 0) is 0 Å². The molecule has 8 nitrogen and oxygen atoms in total. The Balaban J connectivity index is -0.0000000457. The Morgan fingerprint density at radius 3 is 0.833 bits per heavy atom. The first kappa shape index (κ1) is 24.5. The Bertz CT molecular complexity index is 195. The fraction of sp³-hybridized carbons (Fsp3) is 0. The van der Waals surface area contributed by atoms with Crippen LogP contribution in [0.15, 0.2) is 0 Å². The minimum atomic E-state index is -5.62. The zero-order valence-electron chi connectivity index (χ0n) is 6.02. The van der Waals surface area contributed by atoms with Gasteiger partial charge in [-0.2, -0.15) is 0 Å². The third kappa shape index (κ3) is 186. The maximum absolute atomic E-state index is 8.58. The van der Waals surface area contributed by atoms with Crippen LogP contribution in [0.3, 0.4) is 0 Å². The first-order valence-electron chi connectivity index (χ1n) is 1.23. The molecule has 0 aliphatic rings. The van der Waals surface area contributed by atoms with Crippen molar-refractivity contribution in [2.45, 2.75) is 0 Å². The molecule has 64 valence electrons. The van der Waals surface area contributed by atoms with E-state index in [4.69, 9.17) is 34.3 Å². The summed E-state index contributed by atoms with van der Waals surface area (Å²) in [5, 5.41) is 0. The third-order valence-corrected chi connectivity index (χ3v) is 0. The fourth-order valence-corrected chi connectivity index (χ4v) is 0. The molecule has 0 amide bonds. The van der Waals surface area contributed by atoms with Crippen molar-refractivity contribution in [3.8, 4) is 0 Å². The van der Waals surface area contributed by atoms with Crippen LogP contribution in [0.5, 0.6) is 0 Å². The van der Waals surface area contributed by atoms with Crippen molar-refractivity contribution in [3.63, 3.8) is 0 Å². The molecule has 0 aliphatic carbocycles. The maximum atomic E-state index is 8.58. The Morgan fingerprint density at radius 1 is 0.833 bits per heavy atom. The molecule has 0 N–H and O–H groups in total. The Hall–Kier alpha value is 3.28. The van der Waals surface area contributed by atoms with E-state index in [1.807, 2.05) is 0 Å². The zero-order valence-corrected chi connectivity index (χ0v) is 14.2. The second kappa shape index (κ2) is 10.8. The van der Waals surface area contributed by atoms with Gasteiger partial charge in [-0.1, -0.05) is 0 Å². The summed E-state index contributed by atoms with van der Waals surface area (Å²) in [5.74, 6) is 0. The van der Waals surface area contributed by atoms with Crippen LogP contribution in [0.4, 0.5) is 0 Å². The van der Waals surface area contributed by atoms with Crippen LogP contribution in [0.25, 0.3) is 0 Å². The molecule has 0 spiro atoms.